The summed E-state index contributed by atoms with van der Waals surface area (Å²) >= 11 is 3.39. The summed E-state index contributed by atoms with van der Waals surface area (Å²) in [6.07, 6.45) is 3.16. The molecule has 0 unspecified atom stereocenters. The monoisotopic (exact) mass is 354 g/mol. The molecule has 0 aromatic heterocycles. The van der Waals surface area contributed by atoms with Crippen LogP contribution < -0.4 is 10.5 Å². The second-order valence-electron chi connectivity index (χ2n) is 5.60. The zero-order valence-corrected chi connectivity index (χ0v) is 14.0. The van der Waals surface area contributed by atoms with E-state index in [-0.39, 0.29) is 11.8 Å². The van der Waals surface area contributed by atoms with Gasteiger partial charge in [0.2, 0.25) is 5.91 Å². The van der Waals surface area contributed by atoms with E-state index in [0.29, 0.717) is 25.6 Å². The van der Waals surface area contributed by atoms with Crippen LogP contribution in [0, 0.1) is 11.8 Å². The highest BCUT2D eigenvalue weighted by Gasteiger charge is 2.33. The van der Waals surface area contributed by atoms with Crippen LogP contribution in [0.3, 0.4) is 0 Å². The lowest BCUT2D eigenvalue weighted by Gasteiger charge is -2.24. The zero-order valence-electron chi connectivity index (χ0n) is 12.4. The Morgan fingerprint density at radius 1 is 1.38 bits per heavy atom. The summed E-state index contributed by atoms with van der Waals surface area (Å²) in [6, 6.07) is 7.70. The van der Waals surface area contributed by atoms with Gasteiger partial charge in [0.1, 0.15) is 12.4 Å². The van der Waals surface area contributed by atoms with Gasteiger partial charge in [-0.2, -0.15) is 0 Å². The third-order valence-electron chi connectivity index (χ3n) is 4.16. The molecule has 1 aliphatic carbocycles. The van der Waals surface area contributed by atoms with Gasteiger partial charge in [-0.25, -0.2) is 0 Å². The van der Waals surface area contributed by atoms with Crippen LogP contribution >= 0.6 is 15.9 Å². The average molecular weight is 355 g/mol. The van der Waals surface area contributed by atoms with Crippen LogP contribution in [-0.2, 0) is 4.79 Å². The Morgan fingerprint density at radius 3 is 2.76 bits per heavy atom. The SMILES string of the molecule is CN(CCOc1ccc(Br)cc1)C(=O)[C@@H]1CCC[C@@H]1CN. The van der Waals surface area contributed by atoms with Gasteiger partial charge in [-0.3, -0.25) is 4.79 Å². The fourth-order valence-corrected chi connectivity index (χ4v) is 3.13. The van der Waals surface area contributed by atoms with Gasteiger partial charge in [0.05, 0.1) is 6.54 Å². The minimum atomic E-state index is 0.104. The summed E-state index contributed by atoms with van der Waals surface area (Å²) in [5.41, 5.74) is 5.75. The maximum atomic E-state index is 12.4. The molecule has 0 aliphatic heterocycles. The minimum Gasteiger partial charge on any atom is -0.492 e. The number of hydrogen-bond donors (Lipinski definition) is 1. The predicted octanol–water partition coefficient (Wildman–Crippen LogP) is 2.66. The molecule has 0 spiro atoms. The first kappa shape index (κ1) is 16.3. The van der Waals surface area contributed by atoms with Crippen LogP contribution in [0.4, 0.5) is 0 Å². The normalized spacial score (nSPS) is 21.3. The maximum Gasteiger partial charge on any atom is 0.225 e. The van der Waals surface area contributed by atoms with Crippen molar-refractivity contribution in [1.29, 1.82) is 0 Å². The summed E-state index contributed by atoms with van der Waals surface area (Å²) in [7, 11) is 1.85. The number of rotatable bonds is 6. The predicted molar refractivity (Wildman–Crippen MR) is 87.2 cm³/mol. The summed E-state index contributed by atoms with van der Waals surface area (Å²) < 4.78 is 6.68. The van der Waals surface area contributed by atoms with E-state index in [1.165, 1.54) is 0 Å². The Balaban J connectivity index is 1.77. The Morgan fingerprint density at radius 2 is 2.10 bits per heavy atom. The van der Waals surface area contributed by atoms with E-state index in [2.05, 4.69) is 15.9 Å². The Hall–Kier alpha value is -1.07. The number of carbonyl (C=O) groups excluding carboxylic acids is 1. The number of halogens is 1. The molecule has 4 nitrogen and oxygen atoms in total. The highest BCUT2D eigenvalue weighted by molar-refractivity contribution is 9.10. The van der Waals surface area contributed by atoms with E-state index >= 15 is 0 Å². The number of nitrogens with zero attached hydrogens (tertiary/aromatic N) is 1. The van der Waals surface area contributed by atoms with Gasteiger partial charge in [0.15, 0.2) is 0 Å². The molecule has 1 fully saturated rings. The van der Waals surface area contributed by atoms with Gasteiger partial charge in [0.25, 0.3) is 0 Å². The van der Waals surface area contributed by atoms with Crippen molar-refractivity contribution in [2.75, 3.05) is 26.7 Å². The fourth-order valence-electron chi connectivity index (χ4n) is 2.87. The zero-order chi connectivity index (χ0) is 15.2. The van der Waals surface area contributed by atoms with E-state index < -0.39 is 0 Å². The summed E-state index contributed by atoms with van der Waals surface area (Å²) in [5, 5.41) is 0. The second kappa shape index (κ2) is 7.80. The molecule has 0 heterocycles. The molecule has 1 aliphatic rings. The summed E-state index contributed by atoms with van der Waals surface area (Å²) in [6.45, 7) is 1.71. The van der Waals surface area contributed by atoms with Crippen molar-refractivity contribution in [2.24, 2.45) is 17.6 Å². The molecule has 1 amide bonds. The molecule has 1 aromatic carbocycles. The number of nitrogens with two attached hydrogens (primary N) is 1. The van der Waals surface area contributed by atoms with Crippen molar-refractivity contribution in [3.8, 4) is 5.75 Å². The fraction of sp³-hybridized carbons (Fsp3) is 0.562. The minimum absolute atomic E-state index is 0.104. The quantitative estimate of drug-likeness (QED) is 0.854. The van der Waals surface area contributed by atoms with Crippen LogP contribution in [-0.4, -0.2) is 37.6 Å². The maximum absolute atomic E-state index is 12.4. The van der Waals surface area contributed by atoms with Crippen molar-refractivity contribution in [3.05, 3.63) is 28.7 Å². The second-order valence-corrected chi connectivity index (χ2v) is 6.51. The van der Waals surface area contributed by atoms with Gasteiger partial charge in [-0.05, 0) is 49.6 Å². The molecule has 0 saturated heterocycles. The van der Waals surface area contributed by atoms with E-state index in [1.807, 2.05) is 31.3 Å². The highest BCUT2D eigenvalue weighted by atomic mass is 79.9. The molecule has 116 valence electrons. The molecular weight excluding hydrogens is 332 g/mol. The third kappa shape index (κ3) is 4.45. The van der Waals surface area contributed by atoms with Crippen molar-refractivity contribution < 1.29 is 9.53 Å². The lowest BCUT2D eigenvalue weighted by molar-refractivity contribution is -0.135. The topological polar surface area (TPSA) is 55.6 Å². The summed E-state index contributed by atoms with van der Waals surface area (Å²) in [4.78, 5) is 14.2. The first-order valence-electron chi connectivity index (χ1n) is 7.45. The molecule has 2 N–H and O–H groups in total. The van der Waals surface area contributed by atoms with Crippen molar-refractivity contribution in [3.63, 3.8) is 0 Å². The third-order valence-corrected chi connectivity index (χ3v) is 4.69. The first-order valence-corrected chi connectivity index (χ1v) is 8.24. The molecule has 2 rings (SSSR count). The van der Waals surface area contributed by atoms with Crippen molar-refractivity contribution in [2.45, 2.75) is 19.3 Å². The van der Waals surface area contributed by atoms with Crippen LogP contribution in [0.15, 0.2) is 28.7 Å². The largest absolute Gasteiger partial charge is 0.492 e. The number of benzene rings is 1. The van der Waals surface area contributed by atoms with Crippen LogP contribution in [0.2, 0.25) is 0 Å². The van der Waals surface area contributed by atoms with E-state index in [4.69, 9.17) is 10.5 Å². The Labute approximate surface area is 134 Å². The lowest BCUT2D eigenvalue weighted by atomic mass is 9.95. The lowest BCUT2D eigenvalue weighted by Crippen LogP contribution is -2.38. The van der Waals surface area contributed by atoms with Crippen LogP contribution in [0.5, 0.6) is 5.75 Å². The van der Waals surface area contributed by atoms with Crippen LogP contribution in [0.25, 0.3) is 0 Å². The molecule has 0 radical (unpaired) electrons. The molecular formula is C16H23BrN2O2. The number of ether oxygens (including phenoxy) is 1. The number of likely N-dealkylation sites (N-methyl/N-ethyl adjacent to an activating group) is 1. The first-order chi connectivity index (χ1) is 10.1. The van der Waals surface area contributed by atoms with Gasteiger partial charge < -0.3 is 15.4 Å². The molecule has 1 aromatic rings. The summed E-state index contributed by atoms with van der Waals surface area (Å²) in [5.74, 6) is 1.49. The molecule has 21 heavy (non-hydrogen) atoms. The van der Waals surface area contributed by atoms with E-state index in [0.717, 1.165) is 29.5 Å². The number of hydrogen-bond acceptors (Lipinski definition) is 3. The number of amides is 1. The highest BCUT2D eigenvalue weighted by Crippen LogP contribution is 2.32. The van der Waals surface area contributed by atoms with Gasteiger partial charge in [-0.1, -0.05) is 22.4 Å². The smallest absolute Gasteiger partial charge is 0.225 e. The van der Waals surface area contributed by atoms with Gasteiger partial charge in [0, 0.05) is 17.4 Å². The Bertz CT molecular complexity index is 464. The van der Waals surface area contributed by atoms with E-state index in [1.54, 1.807) is 4.90 Å². The average Bonchev–Trinajstić information content (AvgIpc) is 2.96. The standard InChI is InChI=1S/C16H23BrN2O2/c1-19(16(20)15-4-2-3-12(15)11-18)9-10-21-14-7-5-13(17)6-8-14/h5-8,12,15H,2-4,9-11,18H2,1H3/t12-,15-/m1/s1. The molecule has 1 saturated carbocycles. The molecule has 0 bridgehead atoms. The number of carbonyl (C=O) groups is 1. The van der Waals surface area contributed by atoms with Crippen molar-refractivity contribution >= 4 is 21.8 Å². The molecule has 2 atom stereocenters. The van der Waals surface area contributed by atoms with E-state index in [9.17, 15) is 4.79 Å². The van der Waals surface area contributed by atoms with Gasteiger partial charge >= 0.3 is 0 Å². The van der Waals surface area contributed by atoms with Gasteiger partial charge in [-0.15, -0.1) is 0 Å². The van der Waals surface area contributed by atoms with Crippen LogP contribution in [0.1, 0.15) is 19.3 Å². The molecule has 5 heteroatoms. The van der Waals surface area contributed by atoms with Crippen molar-refractivity contribution in [1.82, 2.24) is 4.90 Å². The Kier molecular flexibility index (Phi) is 6.06.